The quantitative estimate of drug-likeness (QED) is 0.690. The Morgan fingerprint density at radius 3 is 2.57 bits per heavy atom. The monoisotopic (exact) mass is 297 g/mol. The van der Waals surface area contributed by atoms with Gasteiger partial charge in [0.1, 0.15) is 11.9 Å². The van der Waals surface area contributed by atoms with Crippen LogP contribution in [0.4, 0.5) is 4.39 Å². The minimum absolute atomic E-state index is 0.281. The summed E-state index contributed by atoms with van der Waals surface area (Å²) in [6.45, 7) is 5.97. The van der Waals surface area contributed by atoms with E-state index in [9.17, 15) is 14.3 Å². The smallest absolute Gasteiger partial charge is 0.320 e. The number of aliphatic hydroxyl groups is 1. The third-order valence-corrected chi connectivity index (χ3v) is 3.38. The molecule has 0 aliphatic rings. The summed E-state index contributed by atoms with van der Waals surface area (Å²) < 4.78 is 13.2. The molecular formula is C16H24FNO3. The van der Waals surface area contributed by atoms with Crippen LogP contribution in [-0.2, 0) is 4.79 Å². The summed E-state index contributed by atoms with van der Waals surface area (Å²) in [5, 5.41) is 22.1. The van der Waals surface area contributed by atoms with Gasteiger partial charge in [-0.25, -0.2) is 4.39 Å². The van der Waals surface area contributed by atoms with Crippen LogP contribution in [0.25, 0.3) is 0 Å². The third kappa shape index (κ3) is 5.81. The van der Waals surface area contributed by atoms with Crippen molar-refractivity contribution in [3.63, 3.8) is 0 Å². The minimum atomic E-state index is -0.879. The van der Waals surface area contributed by atoms with Gasteiger partial charge in [0.05, 0.1) is 6.10 Å². The van der Waals surface area contributed by atoms with E-state index in [1.807, 2.05) is 13.8 Å². The van der Waals surface area contributed by atoms with Gasteiger partial charge in [-0.15, -0.1) is 0 Å². The second-order valence-electron chi connectivity index (χ2n) is 5.79. The predicted octanol–water partition coefficient (Wildman–Crippen LogP) is 2.65. The van der Waals surface area contributed by atoms with Gasteiger partial charge < -0.3 is 15.5 Å². The van der Waals surface area contributed by atoms with Crippen LogP contribution in [0.15, 0.2) is 18.2 Å². The number of aliphatic hydroxyl groups excluding tert-OH is 1. The maximum Gasteiger partial charge on any atom is 0.320 e. The Kier molecular flexibility index (Phi) is 6.78. The number of hydrogen-bond acceptors (Lipinski definition) is 3. The molecule has 0 heterocycles. The van der Waals surface area contributed by atoms with Gasteiger partial charge in [-0.3, -0.25) is 4.79 Å². The molecule has 21 heavy (non-hydrogen) atoms. The van der Waals surface area contributed by atoms with E-state index in [4.69, 9.17) is 5.11 Å². The first-order chi connectivity index (χ1) is 9.81. The summed E-state index contributed by atoms with van der Waals surface area (Å²) >= 11 is 0. The van der Waals surface area contributed by atoms with Crippen LogP contribution in [-0.4, -0.2) is 28.8 Å². The van der Waals surface area contributed by atoms with Gasteiger partial charge in [0.25, 0.3) is 0 Å². The van der Waals surface area contributed by atoms with Crippen molar-refractivity contribution in [2.75, 3.05) is 6.54 Å². The molecule has 0 aromatic heterocycles. The van der Waals surface area contributed by atoms with Gasteiger partial charge in [-0.05, 0) is 49.4 Å². The van der Waals surface area contributed by atoms with Gasteiger partial charge in [-0.1, -0.05) is 26.0 Å². The summed E-state index contributed by atoms with van der Waals surface area (Å²) in [5.74, 6) is -0.897. The zero-order valence-corrected chi connectivity index (χ0v) is 12.8. The molecule has 118 valence electrons. The van der Waals surface area contributed by atoms with Gasteiger partial charge in [0, 0.05) is 0 Å². The molecule has 5 heteroatoms. The molecule has 2 unspecified atom stereocenters. The van der Waals surface area contributed by atoms with Gasteiger partial charge in [-0.2, -0.15) is 0 Å². The first kappa shape index (κ1) is 17.6. The molecular weight excluding hydrogens is 273 g/mol. The van der Waals surface area contributed by atoms with Crippen LogP contribution in [0.1, 0.15) is 43.9 Å². The molecule has 0 bridgehead atoms. The van der Waals surface area contributed by atoms with Crippen molar-refractivity contribution >= 4 is 5.97 Å². The highest BCUT2D eigenvalue weighted by atomic mass is 19.1. The van der Waals surface area contributed by atoms with Crippen LogP contribution < -0.4 is 5.32 Å². The molecule has 0 fully saturated rings. The van der Waals surface area contributed by atoms with E-state index in [1.165, 1.54) is 6.07 Å². The van der Waals surface area contributed by atoms with Gasteiger partial charge >= 0.3 is 5.97 Å². The lowest BCUT2D eigenvalue weighted by Crippen LogP contribution is -2.38. The lowest BCUT2D eigenvalue weighted by atomic mass is 10.0. The largest absolute Gasteiger partial charge is 0.480 e. The number of halogens is 1. The van der Waals surface area contributed by atoms with Crippen LogP contribution in [0.3, 0.4) is 0 Å². The van der Waals surface area contributed by atoms with Crippen LogP contribution in [0.2, 0.25) is 0 Å². The number of aryl methyl sites for hydroxylation is 1. The fourth-order valence-electron chi connectivity index (χ4n) is 2.18. The van der Waals surface area contributed by atoms with Crippen molar-refractivity contribution in [1.29, 1.82) is 0 Å². The van der Waals surface area contributed by atoms with E-state index in [2.05, 4.69) is 5.32 Å². The highest BCUT2D eigenvalue weighted by molar-refractivity contribution is 5.73. The van der Waals surface area contributed by atoms with Crippen LogP contribution in [0, 0.1) is 18.7 Å². The summed E-state index contributed by atoms with van der Waals surface area (Å²) in [6, 6.07) is 3.89. The number of carboxylic acids is 1. The second-order valence-corrected chi connectivity index (χ2v) is 5.79. The molecule has 0 aliphatic carbocycles. The molecule has 1 aromatic rings. The fraction of sp³-hybridized carbons (Fsp3) is 0.562. The van der Waals surface area contributed by atoms with E-state index in [1.54, 1.807) is 19.1 Å². The first-order valence-corrected chi connectivity index (χ1v) is 7.21. The first-order valence-electron chi connectivity index (χ1n) is 7.21. The van der Waals surface area contributed by atoms with Gasteiger partial charge in [0.2, 0.25) is 0 Å². The lowest BCUT2D eigenvalue weighted by Gasteiger charge is -2.18. The van der Waals surface area contributed by atoms with Crippen LogP contribution >= 0.6 is 0 Å². The summed E-state index contributed by atoms with van der Waals surface area (Å²) in [7, 11) is 0. The van der Waals surface area contributed by atoms with Crippen molar-refractivity contribution in [1.82, 2.24) is 5.32 Å². The topological polar surface area (TPSA) is 69.6 Å². The van der Waals surface area contributed by atoms with E-state index in [-0.39, 0.29) is 11.7 Å². The average Bonchev–Trinajstić information content (AvgIpc) is 2.40. The Bertz CT molecular complexity index is 477. The molecule has 1 aromatic carbocycles. The normalized spacial score (nSPS) is 14.2. The highest BCUT2D eigenvalue weighted by Gasteiger charge is 2.18. The molecule has 2 atom stereocenters. The maximum atomic E-state index is 13.2. The van der Waals surface area contributed by atoms with Crippen molar-refractivity contribution in [3.8, 4) is 0 Å². The zero-order chi connectivity index (χ0) is 16.0. The van der Waals surface area contributed by atoms with E-state index in [0.29, 0.717) is 30.5 Å². The SMILES string of the molecule is Cc1cc(C(O)CCNC(CC(C)C)C(=O)O)ccc1F. The molecule has 0 amide bonds. The predicted molar refractivity (Wildman–Crippen MR) is 79.6 cm³/mol. The second kappa shape index (κ2) is 8.10. The number of nitrogens with one attached hydrogen (secondary N) is 1. The highest BCUT2D eigenvalue weighted by Crippen LogP contribution is 2.19. The van der Waals surface area contributed by atoms with Gasteiger partial charge in [0.15, 0.2) is 0 Å². The number of carboxylic acid groups (broad SMARTS) is 1. The Labute approximate surface area is 125 Å². The number of carbonyl (C=O) groups is 1. The summed E-state index contributed by atoms with van der Waals surface area (Å²) in [4.78, 5) is 11.1. The molecule has 0 spiro atoms. The summed E-state index contributed by atoms with van der Waals surface area (Å²) in [5.41, 5.74) is 1.13. The lowest BCUT2D eigenvalue weighted by molar-refractivity contribution is -0.139. The molecule has 4 nitrogen and oxygen atoms in total. The Morgan fingerprint density at radius 1 is 1.38 bits per heavy atom. The van der Waals surface area contributed by atoms with Crippen molar-refractivity contribution in [3.05, 3.63) is 35.1 Å². The number of rotatable bonds is 8. The standard InChI is InChI=1S/C16H24FNO3/c1-10(2)8-14(16(20)21)18-7-6-15(19)12-4-5-13(17)11(3)9-12/h4-5,9-10,14-15,18-19H,6-8H2,1-3H3,(H,20,21). The van der Waals surface area contributed by atoms with Crippen molar-refractivity contribution in [2.45, 2.75) is 45.8 Å². The maximum absolute atomic E-state index is 13.2. The zero-order valence-electron chi connectivity index (χ0n) is 12.8. The Balaban J connectivity index is 2.50. The molecule has 0 aliphatic heterocycles. The molecule has 3 N–H and O–H groups in total. The number of benzene rings is 1. The third-order valence-electron chi connectivity index (χ3n) is 3.38. The Hall–Kier alpha value is -1.46. The fourth-order valence-corrected chi connectivity index (χ4v) is 2.18. The average molecular weight is 297 g/mol. The molecule has 0 radical (unpaired) electrons. The van der Waals surface area contributed by atoms with E-state index < -0.39 is 18.1 Å². The van der Waals surface area contributed by atoms with E-state index in [0.717, 1.165) is 0 Å². The summed E-state index contributed by atoms with van der Waals surface area (Å²) in [6.07, 6.45) is 0.193. The molecule has 0 saturated heterocycles. The van der Waals surface area contributed by atoms with Crippen LogP contribution in [0.5, 0.6) is 0 Å². The number of hydrogen-bond donors (Lipinski definition) is 3. The molecule has 0 saturated carbocycles. The van der Waals surface area contributed by atoms with Crippen molar-refractivity contribution < 1.29 is 19.4 Å². The van der Waals surface area contributed by atoms with Crippen molar-refractivity contribution in [2.24, 2.45) is 5.92 Å². The van der Waals surface area contributed by atoms with E-state index >= 15 is 0 Å². The number of aliphatic carboxylic acids is 1. The minimum Gasteiger partial charge on any atom is -0.480 e. The molecule has 1 rings (SSSR count). The Morgan fingerprint density at radius 2 is 2.05 bits per heavy atom.